The molecule has 1 aromatic heterocycles. The van der Waals surface area contributed by atoms with E-state index in [1.165, 1.54) is 16.8 Å². The molecular weight excluding hydrogens is 438 g/mol. The summed E-state index contributed by atoms with van der Waals surface area (Å²) < 4.78 is 8.08. The van der Waals surface area contributed by atoms with E-state index in [0.717, 1.165) is 10.0 Å². The Balaban J connectivity index is 1.57. The van der Waals surface area contributed by atoms with Crippen molar-refractivity contribution in [2.45, 2.75) is 13.5 Å². The molecule has 0 saturated heterocycles. The zero-order chi connectivity index (χ0) is 20.8. The molecule has 2 aromatic carbocycles. The van der Waals surface area contributed by atoms with Crippen molar-refractivity contribution in [3.8, 4) is 5.75 Å². The number of nitro groups is 1. The van der Waals surface area contributed by atoms with E-state index in [4.69, 9.17) is 4.74 Å². The number of ether oxygens (including phenoxy) is 1. The highest BCUT2D eigenvalue weighted by molar-refractivity contribution is 9.10. The number of halogens is 1. The minimum atomic E-state index is -0.470. The largest absolute Gasteiger partial charge is 0.489 e. The van der Waals surface area contributed by atoms with Gasteiger partial charge in [-0.15, -0.1) is 0 Å². The van der Waals surface area contributed by atoms with Crippen LogP contribution in [0.3, 0.4) is 0 Å². The SMILES string of the molecule is Cc1ncc([N+](=O)[O-])n1CCOc1ccc(C(=O)/C=C/c2cccc(Br)c2)cc1. The Kier molecular flexibility index (Phi) is 6.56. The summed E-state index contributed by atoms with van der Waals surface area (Å²) >= 11 is 3.40. The summed E-state index contributed by atoms with van der Waals surface area (Å²) in [4.78, 5) is 26.8. The normalized spacial score (nSPS) is 11.0. The molecule has 0 spiro atoms. The third kappa shape index (κ3) is 5.39. The van der Waals surface area contributed by atoms with E-state index in [1.54, 1.807) is 37.3 Å². The second kappa shape index (κ2) is 9.29. The van der Waals surface area contributed by atoms with E-state index in [1.807, 2.05) is 24.3 Å². The fourth-order valence-corrected chi connectivity index (χ4v) is 3.14. The molecule has 0 fully saturated rings. The van der Waals surface area contributed by atoms with E-state index >= 15 is 0 Å². The van der Waals surface area contributed by atoms with E-state index in [0.29, 0.717) is 23.7 Å². The number of hydrogen-bond donors (Lipinski definition) is 0. The lowest BCUT2D eigenvalue weighted by Crippen LogP contribution is -2.11. The summed E-state index contributed by atoms with van der Waals surface area (Å²) in [7, 11) is 0. The Morgan fingerprint density at radius 3 is 2.72 bits per heavy atom. The van der Waals surface area contributed by atoms with Gasteiger partial charge in [0.1, 0.15) is 25.1 Å². The first kappa shape index (κ1) is 20.5. The maximum atomic E-state index is 12.3. The number of hydrogen-bond acceptors (Lipinski definition) is 5. The van der Waals surface area contributed by atoms with Crippen LogP contribution in [0.25, 0.3) is 6.08 Å². The molecule has 0 aliphatic heterocycles. The summed E-state index contributed by atoms with van der Waals surface area (Å²) in [6.07, 6.45) is 4.52. The van der Waals surface area contributed by atoms with Crippen molar-refractivity contribution in [3.63, 3.8) is 0 Å². The average molecular weight is 456 g/mol. The lowest BCUT2D eigenvalue weighted by atomic mass is 10.1. The summed E-state index contributed by atoms with van der Waals surface area (Å²) in [5, 5.41) is 11.0. The smallest absolute Gasteiger partial charge is 0.342 e. The van der Waals surface area contributed by atoms with Crippen molar-refractivity contribution in [1.82, 2.24) is 9.55 Å². The highest BCUT2D eigenvalue weighted by Gasteiger charge is 2.16. The van der Waals surface area contributed by atoms with Gasteiger partial charge < -0.3 is 14.9 Å². The van der Waals surface area contributed by atoms with Gasteiger partial charge in [0.2, 0.25) is 0 Å². The van der Waals surface area contributed by atoms with Crippen LogP contribution in [0.2, 0.25) is 0 Å². The third-order valence-corrected chi connectivity index (χ3v) is 4.71. The van der Waals surface area contributed by atoms with Crippen molar-refractivity contribution in [2.24, 2.45) is 0 Å². The van der Waals surface area contributed by atoms with Crippen LogP contribution in [0.4, 0.5) is 5.82 Å². The van der Waals surface area contributed by atoms with E-state index < -0.39 is 4.92 Å². The first-order chi connectivity index (χ1) is 13.9. The van der Waals surface area contributed by atoms with Crippen molar-refractivity contribution in [2.75, 3.05) is 6.61 Å². The molecule has 0 saturated carbocycles. The minimum absolute atomic E-state index is 0.0655. The summed E-state index contributed by atoms with van der Waals surface area (Å²) in [5.74, 6) is 0.960. The number of carbonyl (C=O) groups is 1. The number of benzene rings is 2. The van der Waals surface area contributed by atoms with Crippen LogP contribution >= 0.6 is 15.9 Å². The van der Waals surface area contributed by atoms with Gasteiger partial charge in [0.15, 0.2) is 11.6 Å². The number of carbonyl (C=O) groups excluding carboxylic acids is 1. The number of ketones is 1. The second-order valence-electron chi connectivity index (χ2n) is 6.20. The highest BCUT2D eigenvalue weighted by atomic mass is 79.9. The van der Waals surface area contributed by atoms with Crippen LogP contribution in [0.1, 0.15) is 21.7 Å². The van der Waals surface area contributed by atoms with Crippen LogP contribution in [-0.4, -0.2) is 26.9 Å². The number of nitrogens with zero attached hydrogens (tertiary/aromatic N) is 3. The molecule has 0 amide bonds. The van der Waals surface area contributed by atoms with Gasteiger partial charge in [-0.1, -0.05) is 34.1 Å². The molecule has 1 heterocycles. The predicted molar refractivity (Wildman–Crippen MR) is 113 cm³/mol. The molecule has 3 rings (SSSR count). The molecule has 3 aromatic rings. The van der Waals surface area contributed by atoms with Crippen LogP contribution < -0.4 is 4.74 Å². The molecule has 0 atom stereocenters. The molecule has 0 radical (unpaired) electrons. The molecule has 0 aliphatic carbocycles. The molecule has 0 aliphatic rings. The van der Waals surface area contributed by atoms with Crippen molar-refractivity contribution in [1.29, 1.82) is 0 Å². The van der Waals surface area contributed by atoms with Crippen LogP contribution in [0.15, 0.2) is 65.3 Å². The van der Waals surface area contributed by atoms with E-state index in [-0.39, 0.29) is 18.2 Å². The zero-order valence-corrected chi connectivity index (χ0v) is 17.2. The first-order valence-electron chi connectivity index (χ1n) is 8.81. The Bertz CT molecular complexity index is 1060. The highest BCUT2D eigenvalue weighted by Crippen LogP contribution is 2.17. The molecule has 7 nitrogen and oxygen atoms in total. The molecule has 0 bridgehead atoms. The van der Waals surface area contributed by atoms with Crippen LogP contribution in [0.5, 0.6) is 5.75 Å². The quantitative estimate of drug-likeness (QED) is 0.210. The number of rotatable bonds is 8. The molecular formula is C21H18BrN3O4. The zero-order valence-electron chi connectivity index (χ0n) is 15.6. The molecule has 29 heavy (non-hydrogen) atoms. The Morgan fingerprint density at radius 1 is 1.28 bits per heavy atom. The van der Waals surface area contributed by atoms with Gasteiger partial charge in [-0.05, 0) is 53.0 Å². The van der Waals surface area contributed by atoms with Crippen LogP contribution in [-0.2, 0) is 6.54 Å². The van der Waals surface area contributed by atoms with Crippen molar-refractivity contribution >= 4 is 33.6 Å². The van der Waals surface area contributed by atoms with Gasteiger partial charge in [-0.3, -0.25) is 4.79 Å². The van der Waals surface area contributed by atoms with E-state index in [2.05, 4.69) is 20.9 Å². The molecule has 8 heteroatoms. The van der Waals surface area contributed by atoms with Gasteiger partial charge in [0, 0.05) is 17.0 Å². The predicted octanol–water partition coefficient (Wildman–Crippen LogP) is 4.84. The Labute approximate surface area is 175 Å². The maximum Gasteiger partial charge on any atom is 0.342 e. The fraction of sp³-hybridized carbons (Fsp3) is 0.143. The lowest BCUT2D eigenvalue weighted by molar-refractivity contribution is -0.392. The second-order valence-corrected chi connectivity index (χ2v) is 7.11. The first-order valence-corrected chi connectivity index (χ1v) is 9.60. The molecule has 0 N–H and O–H groups in total. The topological polar surface area (TPSA) is 87.3 Å². The fourth-order valence-electron chi connectivity index (χ4n) is 2.73. The summed E-state index contributed by atoms with van der Waals surface area (Å²) in [5.41, 5.74) is 1.47. The third-order valence-electron chi connectivity index (χ3n) is 4.22. The van der Waals surface area contributed by atoms with Gasteiger partial charge in [-0.2, -0.15) is 0 Å². The minimum Gasteiger partial charge on any atom is -0.489 e. The lowest BCUT2D eigenvalue weighted by Gasteiger charge is -2.07. The monoisotopic (exact) mass is 455 g/mol. The van der Waals surface area contributed by atoms with Crippen molar-refractivity contribution in [3.05, 3.63) is 92.3 Å². The van der Waals surface area contributed by atoms with Gasteiger partial charge in [0.05, 0.1) is 0 Å². The number of aryl methyl sites for hydroxylation is 1. The van der Waals surface area contributed by atoms with E-state index in [9.17, 15) is 14.9 Å². The van der Waals surface area contributed by atoms with Crippen molar-refractivity contribution < 1.29 is 14.5 Å². The standard InChI is InChI=1S/C21H18BrN3O4/c1-15-23-14-21(25(27)28)24(15)11-12-29-19-8-6-17(7-9-19)20(26)10-5-16-3-2-4-18(22)13-16/h2-10,13-14H,11-12H2,1H3/b10-5+. The van der Waals surface area contributed by atoms with Gasteiger partial charge in [0.25, 0.3) is 0 Å². The van der Waals surface area contributed by atoms with Crippen LogP contribution in [0, 0.1) is 17.0 Å². The molecule has 0 unspecified atom stereocenters. The number of imidazole rings is 1. The maximum absolute atomic E-state index is 12.3. The average Bonchev–Trinajstić information content (AvgIpc) is 3.07. The number of aromatic nitrogens is 2. The number of allylic oxidation sites excluding steroid dienone is 1. The Morgan fingerprint density at radius 2 is 2.03 bits per heavy atom. The Hall–Kier alpha value is -3.26. The summed E-state index contributed by atoms with van der Waals surface area (Å²) in [6, 6.07) is 14.4. The molecule has 148 valence electrons. The van der Waals surface area contributed by atoms with Gasteiger partial charge >= 0.3 is 5.82 Å². The summed E-state index contributed by atoms with van der Waals surface area (Å²) in [6.45, 7) is 2.25. The van der Waals surface area contributed by atoms with Gasteiger partial charge in [-0.25, -0.2) is 9.55 Å².